The maximum Gasteiger partial charge on any atom is 0.225 e. The Balaban J connectivity index is 1.78. The van der Waals surface area contributed by atoms with E-state index in [2.05, 4.69) is 10.6 Å². The Morgan fingerprint density at radius 3 is 2.68 bits per heavy atom. The highest BCUT2D eigenvalue weighted by Gasteiger charge is 2.39. The third-order valence-electron chi connectivity index (χ3n) is 5.30. The van der Waals surface area contributed by atoms with Gasteiger partial charge < -0.3 is 20.3 Å². The molecule has 3 rings (SSSR count). The van der Waals surface area contributed by atoms with E-state index < -0.39 is 0 Å². The van der Waals surface area contributed by atoms with E-state index in [1.165, 1.54) is 0 Å². The summed E-state index contributed by atoms with van der Waals surface area (Å²) in [5, 5.41) is 6.50. The fraction of sp³-hybridized carbons (Fsp3) is 0.579. The van der Waals surface area contributed by atoms with Crippen molar-refractivity contribution in [3.63, 3.8) is 0 Å². The molecule has 2 amide bonds. The predicted octanol–water partition coefficient (Wildman–Crippen LogP) is 1.47. The number of nitrogens with zero attached hydrogens (tertiary/aromatic N) is 1. The zero-order chi connectivity index (χ0) is 17.8. The Kier molecular flexibility index (Phi) is 5.58. The van der Waals surface area contributed by atoms with Gasteiger partial charge >= 0.3 is 0 Å². The summed E-state index contributed by atoms with van der Waals surface area (Å²) in [6.45, 7) is 1.84. The number of carbonyl (C=O) groups is 2. The Labute approximate surface area is 148 Å². The van der Waals surface area contributed by atoms with Gasteiger partial charge in [-0.1, -0.05) is 12.1 Å². The van der Waals surface area contributed by atoms with Gasteiger partial charge in [-0.2, -0.15) is 0 Å². The van der Waals surface area contributed by atoms with Crippen molar-refractivity contribution in [3.05, 3.63) is 29.8 Å². The number of rotatable bonds is 4. The average Bonchev–Trinajstić information content (AvgIpc) is 2.64. The Bertz CT molecular complexity index is 611. The summed E-state index contributed by atoms with van der Waals surface area (Å²) in [7, 11) is 3.42. The first-order valence-electron chi connectivity index (χ1n) is 9.01. The molecule has 2 saturated heterocycles. The van der Waals surface area contributed by atoms with Gasteiger partial charge in [-0.15, -0.1) is 0 Å². The standard InChI is InChI=1S/C19H27N3O3/c1-22-17(23)10-9-16(19(24)21-14-4-3-11-20-12-14)18(22)13-5-7-15(25-2)8-6-13/h5-8,14,16,18,20H,3-4,9-12H2,1-2H3,(H,21,24)/t14-,16?,18?/m0/s1. The molecule has 3 atom stereocenters. The average molecular weight is 345 g/mol. The van der Waals surface area contributed by atoms with Crippen molar-refractivity contribution in [3.8, 4) is 5.75 Å². The van der Waals surface area contributed by atoms with Crippen molar-refractivity contribution in [1.29, 1.82) is 0 Å². The summed E-state index contributed by atoms with van der Waals surface area (Å²) in [5.74, 6) is 0.680. The summed E-state index contributed by atoms with van der Waals surface area (Å²) < 4.78 is 5.21. The Hall–Kier alpha value is -2.08. The van der Waals surface area contributed by atoms with E-state index >= 15 is 0 Å². The zero-order valence-corrected chi connectivity index (χ0v) is 15.0. The lowest BCUT2D eigenvalue weighted by Gasteiger charge is -2.39. The highest BCUT2D eigenvalue weighted by Crippen LogP contribution is 2.36. The molecule has 2 N–H and O–H groups in total. The zero-order valence-electron chi connectivity index (χ0n) is 15.0. The van der Waals surface area contributed by atoms with Gasteiger partial charge in [0.1, 0.15) is 5.75 Å². The van der Waals surface area contributed by atoms with Gasteiger partial charge in [-0.3, -0.25) is 9.59 Å². The largest absolute Gasteiger partial charge is 0.497 e. The maximum atomic E-state index is 12.9. The van der Waals surface area contributed by atoms with Crippen molar-refractivity contribution in [2.24, 2.45) is 5.92 Å². The summed E-state index contributed by atoms with van der Waals surface area (Å²) in [4.78, 5) is 26.9. The van der Waals surface area contributed by atoms with Crippen LogP contribution in [0.4, 0.5) is 0 Å². The molecule has 1 aromatic carbocycles. The van der Waals surface area contributed by atoms with Crippen LogP contribution in [0, 0.1) is 5.92 Å². The molecule has 25 heavy (non-hydrogen) atoms. The molecular weight excluding hydrogens is 318 g/mol. The minimum absolute atomic E-state index is 0.0499. The molecule has 0 radical (unpaired) electrons. The lowest BCUT2D eigenvalue weighted by atomic mass is 9.83. The second-order valence-corrected chi connectivity index (χ2v) is 6.92. The SMILES string of the molecule is COc1ccc(C2C(C(=O)N[C@H]3CCCNC3)CCC(=O)N2C)cc1. The van der Waals surface area contributed by atoms with Gasteiger partial charge in [0.05, 0.1) is 19.1 Å². The number of carbonyl (C=O) groups excluding carboxylic acids is 2. The third kappa shape index (κ3) is 3.95. The van der Waals surface area contributed by atoms with E-state index in [9.17, 15) is 9.59 Å². The minimum Gasteiger partial charge on any atom is -0.497 e. The molecule has 2 fully saturated rings. The lowest BCUT2D eigenvalue weighted by molar-refractivity contribution is -0.141. The van der Waals surface area contributed by atoms with E-state index in [0.717, 1.165) is 37.2 Å². The van der Waals surface area contributed by atoms with E-state index in [4.69, 9.17) is 4.74 Å². The molecule has 0 aliphatic carbocycles. The van der Waals surface area contributed by atoms with Gasteiger partial charge in [-0.25, -0.2) is 0 Å². The summed E-state index contributed by atoms with van der Waals surface area (Å²) in [6.07, 6.45) is 3.10. The Morgan fingerprint density at radius 2 is 2.04 bits per heavy atom. The van der Waals surface area contributed by atoms with E-state index in [1.54, 1.807) is 19.1 Å². The molecule has 2 aliphatic heterocycles. The molecule has 2 aliphatic rings. The van der Waals surface area contributed by atoms with Crippen LogP contribution >= 0.6 is 0 Å². The second kappa shape index (κ2) is 7.87. The summed E-state index contributed by atoms with van der Waals surface area (Å²) in [6, 6.07) is 7.59. The number of benzene rings is 1. The van der Waals surface area contributed by atoms with E-state index in [0.29, 0.717) is 12.8 Å². The van der Waals surface area contributed by atoms with Crippen LogP contribution in [-0.2, 0) is 9.59 Å². The van der Waals surface area contributed by atoms with Gasteiger partial charge in [0.2, 0.25) is 11.8 Å². The van der Waals surface area contributed by atoms with Gasteiger partial charge in [0, 0.05) is 26.1 Å². The number of ether oxygens (including phenoxy) is 1. The molecular formula is C19H27N3O3. The molecule has 1 aromatic rings. The molecule has 6 nitrogen and oxygen atoms in total. The quantitative estimate of drug-likeness (QED) is 0.867. The molecule has 2 heterocycles. The van der Waals surface area contributed by atoms with Crippen LogP contribution < -0.4 is 15.4 Å². The number of methoxy groups -OCH3 is 1. The highest BCUT2D eigenvalue weighted by molar-refractivity contribution is 5.85. The second-order valence-electron chi connectivity index (χ2n) is 6.92. The van der Waals surface area contributed by atoms with Crippen LogP contribution in [0.1, 0.15) is 37.3 Å². The van der Waals surface area contributed by atoms with Gasteiger partial charge in [0.25, 0.3) is 0 Å². The first kappa shape index (κ1) is 17.7. The molecule has 2 unspecified atom stereocenters. The third-order valence-corrected chi connectivity index (χ3v) is 5.30. The first-order valence-corrected chi connectivity index (χ1v) is 9.01. The number of hydrogen-bond donors (Lipinski definition) is 2. The topological polar surface area (TPSA) is 70.7 Å². The van der Waals surface area contributed by atoms with Crippen molar-refractivity contribution in [2.45, 2.75) is 37.8 Å². The van der Waals surface area contributed by atoms with Crippen LogP contribution in [0.3, 0.4) is 0 Å². The van der Waals surface area contributed by atoms with Gasteiger partial charge in [-0.05, 0) is 43.5 Å². The summed E-state index contributed by atoms with van der Waals surface area (Å²) in [5.41, 5.74) is 0.971. The predicted molar refractivity (Wildman–Crippen MR) is 95.3 cm³/mol. The van der Waals surface area contributed by atoms with Crippen molar-refractivity contribution < 1.29 is 14.3 Å². The normalized spacial score (nSPS) is 27.0. The van der Waals surface area contributed by atoms with Gasteiger partial charge in [0.15, 0.2) is 0 Å². The highest BCUT2D eigenvalue weighted by atomic mass is 16.5. The van der Waals surface area contributed by atoms with Crippen molar-refractivity contribution in [2.75, 3.05) is 27.2 Å². The van der Waals surface area contributed by atoms with Crippen LogP contribution in [0.2, 0.25) is 0 Å². The molecule has 6 heteroatoms. The minimum atomic E-state index is -0.233. The fourth-order valence-electron chi connectivity index (χ4n) is 3.85. The van der Waals surface area contributed by atoms with Crippen LogP contribution in [0.25, 0.3) is 0 Å². The fourth-order valence-corrected chi connectivity index (χ4v) is 3.85. The number of piperidine rings is 2. The molecule has 136 valence electrons. The molecule has 0 bridgehead atoms. The van der Waals surface area contributed by atoms with Crippen molar-refractivity contribution >= 4 is 11.8 Å². The number of nitrogens with one attached hydrogen (secondary N) is 2. The number of amides is 2. The number of likely N-dealkylation sites (tertiary alicyclic amines) is 1. The Morgan fingerprint density at radius 1 is 1.28 bits per heavy atom. The lowest BCUT2D eigenvalue weighted by Crippen LogP contribution is -2.51. The molecule has 0 saturated carbocycles. The molecule has 0 aromatic heterocycles. The smallest absolute Gasteiger partial charge is 0.225 e. The van der Waals surface area contributed by atoms with Crippen molar-refractivity contribution in [1.82, 2.24) is 15.5 Å². The van der Waals surface area contributed by atoms with E-state index in [1.807, 2.05) is 24.3 Å². The monoisotopic (exact) mass is 345 g/mol. The van der Waals surface area contributed by atoms with Crippen LogP contribution in [0.15, 0.2) is 24.3 Å². The van der Waals surface area contributed by atoms with Crippen LogP contribution in [-0.4, -0.2) is 50.0 Å². The van der Waals surface area contributed by atoms with E-state index in [-0.39, 0.29) is 29.8 Å². The van der Waals surface area contributed by atoms with Crippen LogP contribution in [0.5, 0.6) is 5.75 Å². The number of hydrogen-bond acceptors (Lipinski definition) is 4. The first-order chi connectivity index (χ1) is 12.1. The molecule has 0 spiro atoms. The maximum absolute atomic E-state index is 12.9. The summed E-state index contributed by atoms with van der Waals surface area (Å²) >= 11 is 0.